The number of phenolic OH excluding ortho intramolecular Hbond substituents is 1. The molecule has 5 heteroatoms. The Morgan fingerprint density at radius 1 is 1.24 bits per heavy atom. The summed E-state index contributed by atoms with van der Waals surface area (Å²) in [6.07, 6.45) is 4.28. The van der Waals surface area contributed by atoms with Crippen LogP contribution in [0.3, 0.4) is 0 Å². The molecule has 1 saturated heterocycles. The topological polar surface area (TPSA) is 46.3 Å². The van der Waals surface area contributed by atoms with Gasteiger partial charge in [-0.2, -0.15) is 0 Å². The summed E-state index contributed by atoms with van der Waals surface area (Å²) in [5.41, 5.74) is 1.93. The quantitative estimate of drug-likeness (QED) is 0.728. The molecule has 0 saturated carbocycles. The minimum Gasteiger partial charge on any atom is -0.507 e. The number of ether oxygens (including phenoxy) is 1. The smallest absolute Gasteiger partial charge is 0.136 e. The lowest BCUT2D eigenvalue weighted by molar-refractivity contribution is -0.918. The molecule has 4 nitrogen and oxygen atoms in total. The van der Waals surface area contributed by atoms with Crippen molar-refractivity contribution in [3.05, 3.63) is 58.1 Å². The van der Waals surface area contributed by atoms with Crippen molar-refractivity contribution in [3.63, 3.8) is 0 Å². The highest BCUT2D eigenvalue weighted by atomic mass is 79.9. The van der Waals surface area contributed by atoms with Crippen molar-refractivity contribution in [1.82, 2.24) is 0 Å². The van der Waals surface area contributed by atoms with Gasteiger partial charge >= 0.3 is 0 Å². The van der Waals surface area contributed by atoms with E-state index in [1.165, 1.54) is 31.5 Å². The van der Waals surface area contributed by atoms with Gasteiger partial charge in [-0.1, -0.05) is 28.1 Å². The van der Waals surface area contributed by atoms with Gasteiger partial charge in [0.25, 0.3) is 0 Å². The lowest BCUT2D eigenvalue weighted by atomic mass is 10.0. The highest BCUT2D eigenvalue weighted by Crippen LogP contribution is 2.24. The van der Waals surface area contributed by atoms with Gasteiger partial charge in [0.05, 0.1) is 32.3 Å². The molecule has 0 spiro atoms. The number of para-hydroxylation sites is 1. The second kappa shape index (κ2) is 8.50. The fourth-order valence-corrected chi connectivity index (χ4v) is 3.84. The molecule has 0 radical (unpaired) electrons. The number of likely N-dealkylation sites (tertiary alicyclic amines) is 1. The molecule has 1 fully saturated rings. The zero-order valence-electron chi connectivity index (χ0n) is 14.4. The van der Waals surface area contributed by atoms with Crippen LogP contribution in [0.4, 0.5) is 0 Å². The second-order valence-corrected chi connectivity index (χ2v) is 7.27. The average molecular weight is 404 g/mol. The molecule has 25 heavy (non-hydrogen) atoms. The molecular formula is C20H24BrN2O2+. The van der Waals surface area contributed by atoms with Gasteiger partial charge in [-0.25, -0.2) is 0 Å². The monoisotopic (exact) mass is 403 g/mol. The number of phenols is 1. The second-order valence-electron chi connectivity index (χ2n) is 6.36. The number of hydrogen-bond donors (Lipinski definition) is 2. The van der Waals surface area contributed by atoms with Crippen molar-refractivity contribution in [2.45, 2.75) is 18.9 Å². The van der Waals surface area contributed by atoms with Crippen LogP contribution in [-0.4, -0.2) is 38.1 Å². The summed E-state index contributed by atoms with van der Waals surface area (Å²) in [6.45, 7) is 3.00. The van der Waals surface area contributed by atoms with E-state index >= 15 is 0 Å². The Morgan fingerprint density at radius 2 is 2.00 bits per heavy atom. The first-order valence-corrected chi connectivity index (χ1v) is 9.44. The zero-order valence-corrected chi connectivity index (χ0v) is 16.0. The molecule has 2 N–H and O–H groups in total. The summed E-state index contributed by atoms with van der Waals surface area (Å²) in [5.74, 6) is 1.17. The predicted octanol–water partition coefficient (Wildman–Crippen LogP) is 3.00. The molecule has 1 atom stereocenters. The molecule has 3 rings (SSSR count). The Labute approximate surface area is 157 Å². The number of hydrogen-bond acceptors (Lipinski definition) is 3. The Kier molecular flexibility index (Phi) is 6.10. The van der Waals surface area contributed by atoms with E-state index in [0.29, 0.717) is 6.54 Å². The van der Waals surface area contributed by atoms with Gasteiger partial charge in [0.15, 0.2) is 0 Å². The fraction of sp³-hybridized carbons (Fsp3) is 0.350. The van der Waals surface area contributed by atoms with Crippen LogP contribution in [0.15, 0.2) is 51.9 Å². The van der Waals surface area contributed by atoms with E-state index in [1.54, 1.807) is 24.3 Å². The van der Waals surface area contributed by atoms with Gasteiger partial charge in [0.1, 0.15) is 17.5 Å². The maximum absolute atomic E-state index is 9.97. The standard InChI is InChI=1S/C20H23BrN2O2/c1-25-20-7-3-2-6-17(20)18(23-10-4-5-11-23)14-22-13-15-12-16(21)8-9-19(15)24/h2-3,6-9,12-13,18,24H,4-5,10-11,14H2,1H3/p+1/t18-/m1/s1. The van der Waals surface area contributed by atoms with E-state index in [0.717, 1.165) is 15.8 Å². The van der Waals surface area contributed by atoms with E-state index in [9.17, 15) is 5.11 Å². The Hall–Kier alpha value is -1.85. The molecule has 132 valence electrons. The van der Waals surface area contributed by atoms with Crippen LogP contribution in [0.5, 0.6) is 11.5 Å². The molecule has 0 aromatic heterocycles. The van der Waals surface area contributed by atoms with Gasteiger partial charge in [0.2, 0.25) is 0 Å². The fourth-order valence-electron chi connectivity index (χ4n) is 3.46. The first kappa shape index (κ1) is 18.0. The van der Waals surface area contributed by atoms with Crippen LogP contribution in [0.1, 0.15) is 30.0 Å². The zero-order chi connectivity index (χ0) is 17.6. The Bertz CT molecular complexity index is 742. The molecule has 1 aliphatic heterocycles. The van der Waals surface area contributed by atoms with E-state index in [2.05, 4.69) is 33.1 Å². The van der Waals surface area contributed by atoms with E-state index in [4.69, 9.17) is 4.74 Å². The maximum atomic E-state index is 9.97. The van der Waals surface area contributed by atoms with Gasteiger partial charge in [-0.3, -0.25) is 4.99 Å². The number of methoxy groups -OCH3 is 1. The number of aromatic hydroxyl groups is 1. The number of aliphatic imine (C=N–C) groups is 1. The molecule has 2 aromatic rings. The Morgan fingerprint density at radius 3 is 2.76 bits per heavy atom. The molecule has 0 amide bonds. The molecule has 1 heterocycles. The minimum atomic E-state index is 0.245. The lowest BCUT2D eigenvalue weighted by Crippen LogP contribution is -3.10. The number of quaternary nitrogens is 1. The molecule has 0 bridgehead atoms. The van der Waals surface area contributed by atoms with Crippen LogP contribution in [-0.2, 0) is 0 Å². The van der Waals surface area contributed by atoms with E-state index in [-0.39, 0.29) is 11.8 Å². The van der Waals surface area contributed by atoms with Crippen molar-refractivity contribution in [2.24, 2.45) is 4.99 Å². The number of rotatable bonds is 6. The summed E-state index contributed by atoms with van der Waals surface area (Å²) in [6, 6.07) is 13.9. The van der Waals surface area contributed by atoms with Gasteiger partial charge in [-0.05, 0) is 30.3 Å². The summed E-state index contributed by atoms with van der Waals surface area (Å²) in [5, 5.41) is 9.97. The van der Waals surface area contributed by atoms with Crippen molar-refractivity contribution < 1.29 is 14.7 Å². The van der Waals surface area contributed by atoms with Crippen molar-refractivity contribution in [1.29, 1.82) is 0 Å². The third kappa shape index (κ3) is 4.41. The molecule has 1 aliphatic rings. The van der Waals surface area contributed by atoms with Crippen LogP contribution < -0.4 is 9.64 Å². The first-order valence-electron chi connectivity index (χ1n) is 8.65. The van der Waals surface area contributed by atoms with E-state index in [1.807, 2.05) is 24.3 Å². The van der Waals surface area contributed by atoms with Crippen LogP contribution >= 0.6 is 15.9 Å². The summed E-state index contributed by atoms with van der Waals surface area (Å²) in [4.78, 5) is 6.21. The number of benzene rings is 2. The average Bonchev–Trinajstić information content (AvgIpc) is 3.16. The largest absolute Gasteiger partial charge is 0.507 e. The minimum absolute atomic E-state index is 0.245. The summed E-state index contributed by atoms with van der Waals surface area (Å²) >= 11 is 3.43. The van der Waals surface area contributed by atoms with Gasteiger partial charge in [-0.15, -0.1) is 0 Å². The maximum Gasteiger partial charge on any atom is 0.136 e. The molecular weight excluding hydrogens is 380 g/mol. The third-order valence-corrected chi connectivity index (χ3v) is 5.25. The molecule has 2 aromatic carbocycles. The predicted molar refractivity (Wildman–Crippen MR) is 104 cm³/mol. The SMILES string of the molecule is COc1ccccc1[C@@H](CN=Cc1cc(Br)ccc1O)[NH+]1CCCC1. The highest BCUT2D eigenvalue weighted by Gasteiger charge is 2.29. The van der Waals surface area contributed by atoms with Crippen LogP contribution in [0.25, 0.3) is 0 Å². The summed E-state index contributed by atoms with van der Waals surface area (Å²) < 4.78 is 6.50. The van der Waals surface area contributed by atoms with Gasteiger partial charge in [0, 0.05) is 29.1 Å². The van der Waals surface area contributed by atoms with E-state index < -0.39 is 0 Å². The highest BCUT2D eigenvalue weighted by molar-refractivity contribution is 9.10. The third-order valence-electron chi connectivity index (χ3n) is 4.76. The van der Waals surface area contributed by atoms with Gasteiger partial charge < -0.3 is 14.7 Å². The van der Waals surface area contributed by atoms with Crippen LogP contribution in [0, 0.1) is 0 Å². The lowest BCUT2D eigenvalue weighted by Gasteiger charge is -2.25. The number of nitrogens with zero attached hydrogens (tertiary/aromatic N) is 1. The molecule has 0 unspecified atom stereocenters. The Balaban J connectivity index is 1.83. The first-order chi connectivity index (χ1) is 12.2. The normalized spacial score (nSPS) is 16.4. The number of halogens is 1. The van der Waals surface area contributed by atoms with Crippen molar-refractivity contribution in [2.75, 3.05) is 26.7 Å². The summed E-state index contributed by atoms with van der Waals surface area (Å²) in [7, 11) is 1.72. The van der Waals surface area contributed by atoms with Crippen molar-refractivity contribution >= 4 is 22.1 Å². The molecule has 0 aliphatic carbocycles. The van der Waals surface area contributed by atoms with Crippen molar-refractivity contribution in [3.8, 4) is 11.5 Å². The number of nitrogens with one attached hydrogen (secondary N) is 1. The van der Waals surface area contributed by atoms with Crippen LogP contribution in [0.2, 0.25) is 0 Å².